The number of para-hydroxylation sites is 1. The first-order valence-corrected chi connectivity index (χ1v) is 12.5. The second-order valence-electron chi connectivity index (χ2n) is 10.1. The van der Waals surface area contributed by atoms with Gasteiger partial charge >= 0.3 is 0 Å². The van der Waals surface area contributed by atoms with Gasteiger partial charge in [-0.3, -0.25) is 4.98 Å². The summed E-state index contributed by atoms with van der Waals surface area (Å²) in [6, 6.07) is 12.5. The van der Waals surface area contributed by atoms with E-state index in [4.69, 9.17) is 4.74 Å². The molecule has 2 bridgehead atoms. The fourth-order valence-electron chi connectivity index (χ4n) is 6.62. The van der Waals surface area contributed by atoms with Crippen LogP contribution in [0.4, 0.5) is 13.2 Å². The molecular weight excluding hydrogens is 449 g/mol. The molecule has 0 spiro atoms. The van der Waals surface area contributed by atoms with Gasteiger partial charge in [0.2, 0.25) is 0 Å². The van der Waals surface area contributed by atoms with Gasteiger partial charge in [-0.2, -0.15) is 0 Å². The molecule has 5 atom stereocenters. The zero-order chi connectivity index (χ0) is 24.6. The van der Waals surface area contributed by atoms with Crippen molar-refractivity contribution in [2.45, 2.75) is 44.9 Å². The molecule has 0 unspecified atom stereocenters. The van der Waals surface area contributed by atoms with Gasteiger partial charge in [0, 0.05) is 35.9 Å². The summed E-state index contributed by atoms with van der Waals surface area (Å²) in [5.74, 6) is -2.53. The van der Waals surface area contributed by atoms with Crippen LogP contribution in [0.5, 0.6) is 0 Å². The van der Waals surface area contributed by atoms with Crippen LogP contribution < -0.4 is 0 Å². The molecule has 184 valence electrons. The number of piperidine rings is 3. The van der Waals surface area contributed by atoms with Crippen molar-refractivity contribution in [1.29, 1.82) is 0 Å². The Morgan fingerprint density at radius 2 is 1.97 bits per heavy atom. The van der Waals surface area contributed by atoms with E-state index in [0.717, 1.165) is 54.9 Å². The third kappa shape index (κ3) is 4.27. The molecule has 3 aromatic rings. The minimum Gasteiger partial charge on any atom is -0.363 e. The van der Waals surface area contributed by atoms with E-state index in [1.165, 1.54) is 6.07 Å². The molecule has 3 aliphatic heterocycles. The van der Waals surface area contributed by atoms with E-state index in [-0.39, 0.29) is 17.7 Å². The molecule has 3 saturated heterocycles. The van der Waals surface area contributed by atoms with E-state index in [2.05, 4.69) is 24.6 Å². The second kappa shape index (κ2) is 9.75. The van der Waals surface area contributed by atoms with Gasteiger partial charge in [-0.15, -0.1) is 6.58 Å². The molecule has 1 aromatic heterocycles. The van der Waals surface area contributed by atoms with E-state index < -0.39 is 17.5 Å². The van der Waals surface area contributed by atoms with Gasteiger partial charge in [-0.25, -0.2) is 13.2 Å². The average Bonchev–Trinajstić information content (AvgIpc) is 2.89. The summed E-state index contributed by atoms with van der Waals surface area (Å²) in [5.41, 5.74) is 2.19. The van der Waals surface area contributed by atoms with E-state index >= 15 is 0 Å². The fraction of sp³-hybridized carbons (Fsp3) is 0.414. The number of pyridine rings is 1. The Bertz CT molecular complexity index is 1230. The van der Waals surface area contributed by atoms with E-state index in [1.807, 2.05) is 30.5 Å². The highest BCUT2D eigenvalue weighted by molar-refractivity contribution is 5.82. The van der Waals surface area contributed by atoms with Crippen LogP contribution in [0.1, 0.15) is 43.4 Å². The van der Waals surface area contributed by atoms with Gasteiger partial charge in [0.05, 0.1) is 25.2 Å². The number of quaternary nitrogens is 1. The highest BCUT2D eigenvalue weighted by Gasteiger charge is 2.55. The summed E-state index contributed by atoms with van der Waals surface area (Å²) in [7, 11) is 0. The third-order valence-electron chi connectivity index (χ3n) is 8.31. The molecule has 35 heavy (non-hydrogen) atoms. The number of fused-ring (bicyclic) bond motifs is 4. The SMILES string of the molecule is C=CCO[C@H](c1ccnc2ccccc12)[C@@H]1C[C@H]2CC[N@@+]1(Cc1ccc(F)c(F)c1F)C[C@@H]2CC. The molecule has 3 aliphatic rings. The molecular formula is C29H32F3N2O+. The maximum atomic E-state index is 14.9. The maximum absolute atomic E-state index is 14.9. The normalized spacial score (nSPS) is 26.7. The lowest BCUT2D eigenvalue weighted by molar-refractivity contribution is -0.986. The summed E-state index contributed by atoms with van der Waals surface area (Å²) >= 11 is 0. The number of nitrogens with zero attached hydrogens (tertiary/aromatic N) is 2. The Hall–Kier alpha value is -2.70. The number of rotatable bonds is 8. The lowest BCUT2D eigenvalue weighted by atomic mass is 9.70. The molecule has 0 N–H and O–H groups in total. The Morgan fingerprint density at radius 3 is 2.77 bits per heavy atom. The van der Waals surface area contributed by atoms with Crippen LogP contribution in [0.2, 0.25) is 0 Å². The monoisotopic (exact) mass is 481 g/mol. The number of halogens is 3. The second-order valence-corrected chi connectivity index (χ2v) is 10.1. The minimum absolute atomic E-state index is 0.0508. The maximum Gasteiger partial charge on any atom is 0.194 e. The summed E-state index contributed by atoms with van der Waals surface area (Å²) in [5, 5.41) is 1.04. The van der Waals surface area contributed by atoms with Crippen LogP contribution in [0.25, 0.3) is 10.9 Å². The number of hydrogen-bond donors (Lipinski definition) is 0. The predicted molar refractivity (Wildman–Crippen MR) is 131 cm³/mol. The molecule has 3 nitrogen and oxygen atoms in total. The van der Waals surface area contributed by atoms with Gasteiger partial charge in [0.25, 0.3) is 0 Å². The summed E-state index contributed by atoms with van der Waals surface area (Å²) in [4.78, 5) is 4.53. The lowest BCUT2D eigenvalue weighted by Gasteiger charge is -2.59. The standard InChI is InChI=1S/C29H32F3N2O/c1-3-15-35-29(23-11-13-33-25-8-6-5-7-22(23)25)26-16-20-12-14-34(26,17-19(20)4-2)18-21-9-10-24(30)28(32)27(21)31/h3,5-11,13,19-20,26,29H,1,4,12,14-18H2,2H3/q+1/t19-,20+,26-,29+,34-/m0/s1. The van der Waals surface area contributed by atoms with Crippen LogP contribution in [-0.4, -0.2) is 35.2 Å². The van der Waals surface area contributed by atoms with Crippen LogP contribution in [0.15, 0.2) is 61.3 Å². The largest absolute Gasteiger partial charge is 0.363 e. The van der Waals surface area contributed by atoms with Crippen molar-refractivity contribution in [2.24, 2.45) is 11.8 Å². The van der Waals surface area contributed by atoms with Gasteiger partial charge < -0.3 is 9.22 Å². The Labute approximate surface area is 204 Å². The molecule has 4 heterocycles. The van der Waals surface area contributed by atoms with Crippen molar-refractivity contribution in [3.63, 3.8) is 0 Å². The van der Waals surface area contributed by atoms with E-state index in [1.54, 1.807) is 6.08 Å². The highest BCUT2D eigenvalue weighted by atomic mass is 19.2. The topological polar surface area (TPSA) is 22.1 Å². The third-order valence-corrected chi connectivity index (χ3v) is 8.31. The van der Waals surface area contributed by atoms with Crippen molar-refractivity contribution >= 4 is 10.9 Å². The zero-order valence-electron chi connectivity index (χ0n) is 20.1. The quantitative estimate of drug-likeness (QED) is 0.202. The number of hydrogen-bond acceptors (Lipinski definition) is 2. The van der Waals surface area contributed by atoms with Gasteiger partial charge in [-0.1, -0.05) is 31.2 Å². The van der Waals surface area contributed by atoms with Crippen molar-refractivity contribution in [2.75, 3.05) is 19.7 Å². The minimum atomic E-state index is -1.39. The zero-order valence-corrected chi connectivity index (χ0v) is 20.1. The Kier molecular flexibility index (Phi) is 6.69. The van der Waals surface area contributed by atoms with Crippen LogP contribution >= 0.6 is 0 Å². The van der Waals surface area contributed by atoms with Crippen molar-refractivity contribution < 1.29 is 22.4 Å². The fourth-order valence-corrected chi connectivity index (χ4v) is 6.62. The molecule has 0 radical (unpaired) electrons. The van der Waals surface area contributed by atoms with Crippen molar-refractivity contribution in [3.05, 3.63) is 89.9 Å². The number of ether oxygens (including phenoxy) is 1. The Morgan fingerprint density at radius 1 is 1.14 bits per heavy atom. The van der Waals surface area contributed by atoms with Crippen LogP contribution in [-0.2, 0) is 11.3 Å². The van der Waals surface area contributed by atoms with Crippen LogP contribution in [0.3, 0.4) is 0 Å². The van der Waals surface area contributed by atoms with Gasteiger partial charge in [-0.05, 0) is 42.2 Å². The highest BCUT2D eigenvalue weighted by Crippen LogP contribution is 2.49. The van der Waals surface area contributed by atoms with Gasteiger partial charge in [0.1, 0.15) is 18.7 Å². The molecule has 0 amide bonds. The van der Waals surface area contributed by atoms with Gasteiger partial charge in [0.15, 0.2) is 17.5 Å². The van der Waals surface area contributed by atoms with Crippen molar-refractivity contribution in [3.8, 4) is 0 Å². The first-order chi connectivity index (χ1) is 17.0. The van der Waals surface area contributed by atoms with E-state index in [0.29, 0.717) is 29.5 Å². The Balaban J connectivity index is 1.61. The number of aromatic nitrogens is 1. The smallest absolute Gasteiger partial charge is 0.194 e. The molecule has 6 rings (SSSR count). The first-order valence-electron chi connectivity index (χ1n) is 12.5. The first kappa shape index (κ1) is 24.0. The predicted octanol–water partition coefficient (Wildman–Crippen LogP) is 6.73. The summed E-state index contributed by atoms with van der Waals surface area (Å²) in [6.07, 6.45) is 6.35. The molecule has 2 aromatic carbocycles. The summed E-state index contributed by atoms with van der Waals surface area (Å²) in [6.45, 7) is 8.50. The molecule has 0 aliphatic carbocycles. The molecule has 0 saturated carbocycles. The molecule has 3 fully saturated rings. The lowest BCUT2D eigenvalue weighted by Crippen LogP contribution is -2.68. The number of benzene rings is 2. The van der Waals surface area contributed by atoms with Crippen molar-refractivity contribution in [1.82, 2.24) is 4.98 Å². The van der Waals surface area contributed by atoms with E-state index in [9.17, 15) is 13.2 Å². The summed E-state index contributed by atoms with van der Waals surface area (Å²) < 4.78 is 49.9. The average molecular weight is 482 g/mol. The molecule has 6 heteroatoms. The van der Waals surface area contributed by atoms with Crippen LogP contribution in [0, 0.1) is 29.3 Å².